The number of amides is 2. The average molecular weight is 346 g/mol. The Morgan fingerprint density at radius 3 is 2.40 bits per heavy atom. The average Bonchev–Trinajstić information content (AvgIpc) is 2.57. The predicted molar refractivity (Wildman–Crippen MR) is 98.0 cm³/mol. The molecule has 1 fully saturated rings. The SMILES string of the molecule is CC(C)(C)C(=O)NCc1ccc(C(=O)NCC2CCCC(O)C2)cc1. The van der Waals surface area contributed by atoms with Gasteiger partial charge in [-0.05, 0) is 42.9 Å². The van der Waals surface area contributed by atoms with Crippen molar-refractivity contribution in [1.29, 1.82) is 0 Å². The number of aliphatic hydroxyl groups is 1. The molecule has 0 heterocycles. The highest BCUT2D eigenvalue weighted by molar-refractivity contribution is 5.94. The Labute approximate surface area is 150 Å². The summed E-state index contributed by atoms with van der Waals surface area (Å²) in [6.45, 7) is 6.69. The summed E-state index contributed by atoms with van der Waals surface area (Å²) >= 11 is 0. The first kappa shape index (κ1) is 19.4. The summed E-state index contributed by atoms with van der Waals surface area (Å²) in [5.74, 6) is 0.272. The Balaban J connectivity index is 1.80. The van der Waals surface area contributed by atoms with E-state index in [0.29, 0.717) is 24.6 Å². The van der Waals surface area contributed by atoms with Gasteiger partial charge in [0, 0.05) is 24.1 Å². The van der Waals surface area contributed by atoms with E-state index in [0.717, 1.165) is 31.2 Å². The van der Waals surface area contributed by atoms with E-state index in [1.165, 1.54) is 0 Å². The molecule has 0 aliphatic heterocycles. The Hall–Kier alpha value is -1.88. The molecule has 5 nitrogen and oxygen atoms in total. The van der Waals surface area contributed by atoms with Crippen LogP contribution < -0.4 is 10.6 Å². The summed E-state index contributed by atoms with van der Waals surface area (Å²) < 4.78 is 0. The number of benzene rings is 1. The van der Waals surface area contributed by atoms with Crippen molar-refractivity contribution < 1.29 is 14.7 Å². The fourth-order valence-electron chi connectivity index (χ4n) is 3.01. The Kier molecular flexibility index (Phi) is 6.59. The van der Waals surface area contributed by atoms with Gasteiger partial charge < -0.3 is 15.7 Å². The molecule has 2 amide bonds. The van der Waals surface area contributed by atoms with Crippen LogP contribution >= 0.6 is 0 Å². The molecule has 5 heteroatoms. The lowest BCUT2D eigenvalue weighted by Gasteiger charge is -2.25. The number of rotatable bonds is 5. The van der Waals surface area contributed by atoms with Crippen LogP contribution in [0.3, 0.4) is 0 Å². The fraction of sp³-hybridized carbons (Fsp3) is 0.600. The molecule has 0 radical (unpaired) electrons. The van der Waals surface area contributed by atoms with Gasteiger partial charge in [0.1, 0.15) is 0 Å². The zero-order valence-electron chi connectivity index (χ0n) is 15.5. The lowest BCUT2D eigenvalue weighted by Crippen LogP contribution is -2.34. The highest BCUT2D eigenvalue weighted by Gasteiger charge is 2.21. The van der Waals surface area contributed by atoms with Gasteiger partial charge in [0.05, 0.1) is 6.10 Å². The van der Waals surface area contributed by atoms with Gasteiger partial charge >= 0.3 is 0 Å². The van der Waals surface area contributed by atoms with Crippen LogP contribution in [-0.4, -0.2) is 29.6 Å². The lowest BCUT2D eigenvalue weighted by atomic mass is 9.87. The van der Waals surface area contributed by atoms with Crippen molar-refractivity contribution in [3.63, 3.8) is 0 Å². The minimum absolute atomic E-state index is 0.00369. The quantitative estimate of drug-likeness (QED) is 0.767. The Morgan fingerprint density at radius 2 is 1.80 bits per heavy atom. The monoisotopic (exact) mass is 346 g/mol. The zero-order valence-corrected chi connectivity index (χ0v) is 15.5. The normalized spacial score (nSPS) is 20.8. The van der Waals surface area contributed by atoms with E-state index < -0.39 is 5.41 Å². The molecular formula is C20H30N2O3. The summed E-state index contributed by atoms with van der Waals surface area (Å²) in [6.07, 6.45) is 3.50. The second kappa shape index (κ2) is 8.48. The molecule has 1 aliphatic rings. The number of hydrogen-bond donors (Lipinski definition) is 3. The number of aliphatic hydroxyl groups excluding tert-OH is 1. The van der Waals surface area contributed by atoms with Crippen LogP contribution in [0.4, 0.5) is 0 Å². The molecule has 0 aromatic heterocycles. The van der Waals surface area contributed by atoms with Crippen molar-refractivity contribution in [3.05, 3.63) is 35.4 Å². The van der Waals surface area contributed by atoms with Crippen molar-refractivity contribution in [2.24, 2.45) is 11.3 Å². The Bertz CT molecular complexity index is 590. The van der Waals surface area contributed by atoms with Crippen LogP contribution in [-0.2, 0) is 11.3 Å². The second-order valence-electron chi connectivity index (χ2n) is 8.03. The molecule has 0 spiro atoms. The third-order valence-electron chi connectivity index (χ3n) is 4.66. The van der Waals surface area contributed by atoms with Gasteiger partial charge in [-0.25, -0.2) is 0 Å². The Morgan fingerprint density at radius 1 is 1.12 bits per heavy atom. The van der Waals surface area contributed by atoms with Gasteiger partial charge in [0.25, 0.3) is 5.91 Å². The largest absolute Gasteiger partial charge is 0.393 e. The summed E-state index contributed by atoms with van der Waals surface area (Å²) in [5, 5.41) is 15.5. The molecule has 1 aromatic carbocycles. The summed E-state index contributed by atoms with van der Waals surface area (Å²) in [4.78, 5) is 24.1. The van der Waals surface area contributed by atoms with Gasteiger partial charge in [-0.15, -0.1) is 0 Å². The first-order valence-corrected chi connectivity index (χ1v) is 9.09. The van der Waals surface area contributed by atoms with Crippen molar-refractivity contribution >= 4 is 11.8 Å². The molecule has 1 saturated carbocycles. The molecule has 3 N–H and O–H groups in total. The second-order valence-corrected chi connectivity index (χ2v) is 8.03. The van der Waals surface area contributed by atoms with E-state index in [-0.39, 0.29) is 17.9 Å². The topological polar surface area (TPSA) is 78.4 Å². The molecule has 138 valence electrons. The van der Waals surface area contributed by atoms with Crippen LogP contribution in [0.5, 0.6) is 0 Å². The minimum atomic E-state index is -0.410. The van der Waals surface area contributed by atoms with Crippen molar-refractivity contribution in [3.8, 4) is 0 Å². The van der Waals surface area contributed by atoms with Crippen LogP contribution in [0.2, 0.25) is 0 Å². The number of hydrogen-bond acceptors (Lipinski definition) is 3. The fourth-order valence-corrected chi connectivity index (χ4v) is 3.01. The highest BCUT2D eigenvalue weighted by Crippen LogP contribution is 2.23. The summed E-state index contributed by atoms with van der Waals surface area (Å²) in [5.41, 5.74) is 1.17. The van der Waals surface area contributed by atoms with E-state index in [1.54, 1.807) is 12.1 Å². The molecule has 2 atom stereocenters. The maximum absolute atomic E-state index is 12.2. The molecule has 2 rings (SSSR count). The maximum atomic E-state index is 12.2. The van der Waals surface area contributed by atoms with Crippen molar-refractivity contribution in [2.75, 3.05) is 6.54 Å². The van der Waals surface area contributed by atoms with Gasteiger partial charge in [0.15, 0.2) is 0 Å². The van der Waals surface area contributed by atoms with Crippen LogP contribution in [0.15, 0.2) is 24.3 Å². The molecule has 1 aromatic rings. The number of nitrogens with one attached hydrogen (secondary N) is 2. The highest BCUT2D eigenvalue weighted by atomic mass is 16.3. The molecular weight excluding hydrogens is 316 g/mol. The van der Waals surface area contributed by atoms with Gasteiger partial charge in [-0.2, -0.15) is 0 Å². The standard InChI is InChI=1S/C20H30N2O3/c1-20(2,3)19(25)22-12-14-7-9-16(10-8-14)18(24)21-13-15-5-4-6-17(23)11-15/h7-10,15,17,23H,4-6,11-13H2,1-3H3,(H,21,24)(H,22,25). The molecule has 25 heavy (non-hydrogen) atoms. The van der Waals surface area contributed by atoms with Crippen LogP contribution in [0.25, 0.3) is 0 Å². The number of carbonyl (C=O) groups excluding carboxylic acids is 2. The van der Waals surface area contributed by atoms with Crippen molar-refractivity contribution in [1.82, 2.24) is 10.6 Å². The van der Waals surface area contributed by atoms with Gasteiger partial charge in [-0.3, -0.25) is 9.59 Å². The van der Waals surface area contributed by atoms with Crippen molar-refractivity contribution in [2.45, 2.75) is 59.1 Å². The zero-order chi connectivity index (χ0) is 18.4. The third-order valence-corrected chi connectivity index (χ3v) is 4.66. The summed E-state index contributed by atoms with van der Waals surface area (Å²) in [7, 11) is 0. The van der Waals surface area contributed by atoms with E-state index in [1.807, 2.05) is 32.9 Å². The van der Waals surface area contributed by atoms with Gasteiger partial charge in [-0.1, -0.05) is 39.3 Å². The maximum Gasteiger partial charge on any atom is 0.251 e. The van der Waals surface area contributed by atoms with Gasteiger partial charge in [0.2, 0.25) is 5.91 Å². The smallest absolute Gasteiger partial charge is 0.251 e. The number of carbonyl (C=O) groups is 2. The van der Waals surface area contributed by atoms with E-state index in [4.69, 9.17) is 0 Å². The van der Waals surface area contributed by atoms with E-state index in [9.17, 15) is 14.7 Å². The molecule has 2 unspecified atom stereocenters. The summed E-state index contributed by atoms with van der Waals surface area (Å²) in [6, 6.07) is 7.29. The molecule has 0 saturated heterocycles. The first-order chi connectivity index (χ1) is 11.8. The van der Waals surface area contributed by atoms with E-state index >= 15 is 0 Å². The van der Waals surface area contributed by atoms with E-state index in [2.05, 4.69) is 10.6 Å². The molecule has 1 aliphatic carbocycles. The third kappa shape index (κ3) is 6.16. The first-order valence-electron chi connectivity index (χ1n) is 9.09. The minimum Gasteiger partial charge on any atom is -0.393 e. The predicted octanol–water partition coefficient (Wildman–Crippen LogP) is 2.63. The van der Waals surface area contributed by atoms with Crippen LogP contribution in [0.1, 0.15) is 62.4 Å². The lowest BCUT2D eigenvalue weighted by molar-refractivity contribution is -0.128. The molecule has 0 bridgehead atoms. The van der Waals surface area contributed by atoms with Crippen LogP contribution in [0, 0.1) is 11.3 Å².